The Bertz CT molecular complexity index is 436. The van der Waals surface area contributed by atoms with Gasteiger partial charge in [0.15, 0.2) is 5.11 Å². The quantitative estimate of drug-likeness (QED) is 0.569. The van der Waals surface area contributed by atoms with Gasteiger partial charge in [0.25, 0.3) is 5.91 Å². The van der Waals surface area contributed by atoms with Crippen LogP contribution in [0.3, 0.4) is 0 Å². The number of aromatic amines is 1. The molecule has 0 radical (unpaired) electrons. The molecule has 0 aliphatic carbocycles. The van der Waals surface area contributed by atoms with Crippen molar-refractivity contribution in [3.8, 4) is 0 Å². The molecule has 1 aliphatic heterocycles. The maximum Gasteiger partial charge on any atom is 0.276 e. The fraction of sp³-hybridized carbons (Fsp3) is 0.200. The van der Waals surface area contributed by atoms with E-state index in [0.29, 0.717) is 10.8 Å². The van der Waals surface area contributed by atoms with Crippen molar-refractivity contribution in [3.05, 3.63) is 29.7 Å². The van der Waals surface area contributed by atoms with E-state index in [4.69, 9.17) is 12.2 Å². The van der Waals surface area contributed by atoms with Gasteiger partial charge in [-0.05, 0) is 30.4 Å². The first-order valence-electron chi connectivity index (χ1n) is 4.52. The minimum absolute atomic E-state index is 0.0721. The zero-order valence-corrected chi connectivity index (χ0v) is 9.34. The van der Waals surface area contributed by atoms with E-state index >= 15 is 0 Å². The van der Waals surface area contributed by atoms with Gasteiger partial charge in [-0.3, -0.25) is 9.69 Å². The van der Waals surface area contributed by atoms with Crippen LogP contribution in [0.25, 0.3) is 6.08 Å². The van der Waals surface area contributed by atoms with Crippen LogP contribution in [-0.4, -0.2) is 39.9 Å². The monoisotopic (exact) mass is 221 g/mol. The van der Waals surface area contributed by atoms with Gasteiger partial charge in [-0.1, -0.05) is 0 Å². The third-order valence-electron chi connectivity index (χ3n) is 2.37. The highest BCUT2D eigenvalue weighted by atomic mass is 32.1. The van der Waals surface area contributed by atoms with E-state index < -0.39 is 0 Å². The van der Waals surface area contributed by atoms with Crippen LogP contribution < -0.4 is 0 Å². The van der Waals surface area contributed by atoms with Gasteiger partial charge >= 0.3 is 0 Å². The fourth-order valence-electron chi connectivity index (χ4n) is 1.47. The van der Waals surface area contributed by atoms with Crippen LogP contribution in [0.4, 0.5) is 0 Å². The Kier molecular flexibility index (Phi) is 2.32. The second-order valence-electron chi connectivity index (χ2n) is 3.36. The predicted octanol–water partition coefficient (Wildman–Crippen LogP) is 1.04. The minimum atomic E-state index is -0.0721. The number of hydrogen-bond acceptors (Lipinski definition) is 2. The van der Waals surface area contributed by atoms with Crippen molar-refractivity contribution in [2.45, 2.75) is 0 Å². The number of carbonyl (C=O) groups excluding carboxylic acids is 1. The SMILES string of the molecule is CN1C(=O)/C(=C/c2ccc[nH]2)N(C)C1=S. The van der Waals surface area contributed by atoms with Gasteiger partial charge in [0, 0.05) is 26.0 Å². The maximum absolute atomic E-state index is 11.8. The molecule has 1 aliphatic rings. The van der Waals surface area contributed by atoms with Crippen molar-refractivity contribution < 1.29 is 4.79 Å². The summed E-state index contributed by atoms with van der Waals surface area (Å²) in [6.45, 7) is 0. The van der Waals surface area contributed by atoms with E-state index in [2.05, 4.69) is 4.98 Å². The van der Waals surface area contributed by atoms with Crippen LogP contribution in [0.2, 0.25) is 0 Å². The Hall–Kier alpha value is -1.62. The van der Waals surface area contributed by atoms with Crippen LogP contribution in [0, 0.1) is 0 Å². The van der Waals surface area contributed by atoms with Crippen LogP contribution in [0.1, 0.15) is 5.69 Å². The van der Waals surface area contributed by atoms with E-state index in [0.717, 1.165) is 5.69 Å². The Labute approximate surface area is 93.2 Å². The normalized spacial score (nSPS) is 19.5. The molecule has 1 aromatic heterocycles. The summed E-state index contributed by atoms with van der Waals surface area (Å²) in [4.78, 5) is 18.0. The molecule has 15 heavy (non-hydrogen) atoms. The summed E-state index contributed by atoms with van der Waals surface area (Å²) in [5, 5.41) is 0.526. The molecule has 1 aromatic rings. The lowest BCUT2D eigenvalue weighted by Crippen LogP contribution is -2.26. The van der Waals surface area contributed by atoms with E-state index in [-0.39, 0.29) is 5.91 Å². The number of hydrogen-bond donors (Lipinski definition) is 1. The second-order valence-corrected chi connectivity index (χ2v) is 3.73. The number of H-pyrrole nitrogens is 1. The average Bonchev–Trinajstić information content (AvgIpc) is 2.79. The van der Waals surface area contributed by atoms with Crippen LogP contribution in [-0.2, 0) is 4.79 Å². The van der Waals surface area contributed by atoms with E-state index in [9.17, 15) is 4.79 Å². The molecule has 78 valence electrons. The summed E-state index contributed by atoms with van der Waals surface area (Å²) in [5.41, 5.74) is 1.48. The minimum Gasteiger partial charge on any atom is -0.362 e. The predicted molar refractivity (Wildman–Crippen MR) is 61.9 cm³/mol. The van der Waals surface area contributed by atoms with Crippen molar-refractivity contribution in [2.24, 2.45) is 0 Å². The lowest BCUT2D eigenvalue weighted by molar-refractivity contribution is -0.121. The summed E-state index contributed by atoms with van der Waals surface area (Å²) in [6, 6.07) is 3.78. The molecule has 0 unspecified atom stereocenters. The van der Waals surface area contributed by atoms with Gasteiger partial charge in [-0.15, -0.1) is 0 Å². The largest absolute Gasteiger partial charge is 0.362 e. The van der Waals surface area contributed by atoms with E-state index in [1.165, 1.54) is 4.90 Å². The van der Waals surface area contributed by atoms with Crippen molar-refractivity contribution in [2.75, 3.05) is 14.1 Å². The van der Waals surface area contributed by atoms with Gasteiger partial charge in [0.05, 0.1) is 0 Å². The summed E-state index contributed by atoms with van der Waals surface area (Å²) >= 11 is 5.09. The first-order chi connectivity index (χ1) is 7.11. The zero-order valence-electron chi connectivity index (χ0n) is 8.52. The third kappa shape index (κ3) is 1.55. The Morgan fingerprint density at radius 1 is 1.40 bits per heavy atom. The molecular weight excluding hydrogens is 210 g/mol. The number of aromatic nitrogens is 1. The molecule has 0 atom stereocenters. The van der Waals surface area contributed by atoms with Crippen molar-refractivity contribution in [1.82, 2.24) is 14.8 Å². The van der Waals surface area contributed by atoms with Gasteiger partial charge in [-0.2, -0.15) is 0 Å². The standard InChI is InChI=1S/C10H11N3OS/c1-12-8(6-7-4-3-5-11-7)9(14)13(2)10(12)15/h3-6,11H,1-2H3/b8-6-. The lowest BCUT2D eigenvalue weighted by atomic mass is 10.3. The summed E-state index contributed by atoms with van der Waals surface area (Å²) in [5.74, 6) is -0.0721. The number of likely N-dealkylation sites (N-methyl/N-ethyl adjacent to an activating group) is 2. The topological polar surface area (TPSA) is 39.3 Å². The summed E-state index contributed by atoms with van der Waals surface area (Å²) in [7, 11) is 3.47. The molecule has 1 fully saturated rings. The van der Waals surface area contributed by atoms with Gasteiger partial charge < -0.3 is 9.88 Å². The lowest BCUT2D eigenvalue weighted by Gasteiger charge is -2.10. The summed E-state index contributed by atoms with van der Waals surface area (Å²) < 4.78 is 0. The third-order valence-corrected chi connectivity index (χ3v) is 2.92. The molecule has 5 heteroatoms. The number of nitrogens with zero attached hydrogens (tertiary/aromatic N) is 2. The molecule has 2 rings (SSSR count). The molecule has 1 saturated heterocycles. The molecule has 4 nitrogen and oxygen atoms in total. The molecule has 2 heterocycles. The smallest absolute Gasteiger partial charge is 0.276 e. The zero-order chi connectivity index (χ0) is 11.0. The van der Waals surface area contributed by atoms with Gasteiger partial charge in [0.1, 0.15) is 5.70 Å². The Balaban J connectivity index is 2.38. The number of thiocarbonyl (C=S) groups is 1. The van der Waals surface area contributed by atoms with Crippen molar-refractivity contribution >= 4 is 29.3 Å². The number of nitrogens with one attached hydrogen (secondary N) is 1. The average molecular weight is 221 g/mol. The molecular formula is C10H11N3OS. The number of carbonyl (C=O) groups is 1. The fourth-order valence-corrected chi connectivity index (χ4v) is 1.65. The highest BCUT2D eigenvalue weighted by Gasteiger charge is 2.32. The first-order valence-corrected chi connectivity index (χ1v) is 4.93. The van der Waals surface area contributed by atoms with Crippen LogP contribution in [0.15, 0.2) is 24.0 Å². The molecule has 1 amide bonds. The Morgan fingerprint density at radius 2 is 2.13 bits per heavy atom. The van der Waals surface area contributed by atoms with Crippen molar-refractivity contribution in [1.29, 1.82) is 0 Å². The molecule has 0 aromatic carbocycles. The number of rotatable bonds is 1. The highest BCUT2D eigenvalue weighted by molar-refractivity contribution is 7.80. The van der Waals surface area contributed by atoms with Crippen LogP contribution >= 0.6 is 12.2 Å². The van der Waals surface area contributed by atoms with Crippen molar-refractivity contribution in [3.63, 3.8) is 0 Å². The molecule has 0 spiro atoms. The maximum atomic E-state index is 11.8. The molecule has 0 bridgehead atoms. The first kappa shape index (κ1) is 9.92. The Morgan fingerprint density at radius 3 is 2.60 bits per heavy atom. The van der Waals surface area contributed by atoms with E-state index in [1.807, 2.05) is 18.3 Å². The summed E-state index contributed by atoms with van der Waals surface area (Å²) in [6.07, 6.45) is 3.60. The van der Waals surface area contributed by atoms with Gasteiger partial charge in [0.2, 0.25) is 0 Å². The molecule has 1 N–H and O–H groups in total. The second kappa shape index (κ2) is 3.51. The van der Waals surface area contributed by atoms with E-state index in [1.54, 1.807) is 25.1 Å². The number of amides is 1. The molecule has 0 saturated carbocycles. The highest BCUT2D eigenvalue weighted by Crippen LogP contribution is 2.19. The van der Waals surface area contributed by atoms with Crippen LogP contribution in [0.5, 0.6) is 0 Å². The van der Waals surface area contributed by atoms with Gasteiger partial charge in [-0.25, -0.2) is 0 Å².